The molecule has 11 nitrogen and oxygen atoms in total. The Morgan fingerprint density at radius 2 is 2.16 bits per heavy atom. The molecule has 15 heteroatoms. The van der Waals surface area contributed by atoms with E-state index in [2.05, 4.69) is 20.4 Å². The van der Waals surface area contributed by atoms with Crippen molar-refractivity contribution >= 4 is 80.7 Å². The number of amides is 2. The Kier molecular flexibility index (Phi) is 6.19. The van der Waals surface area contributed by atoms with Crippen LogP contribution in [0.25, 0.3) is 6.08 Å². The van der Waals surface area contributed by atoms with Gasteiger partial charge in [0.1, 0.15) is 28.0 Å². The van der Waals surface area contributed by atoms with Crippen molar-refractivity contribution < 1.29 is 24.7 Å². The van der Waals surface area contributed by atoms with Crippen molar-refractivity contribution in [2.75, 3.05) is 11.5 Å². The van der Waals surface area contributed by atoms with Gasteiger partial charge in [-0.2, -0.15) is 0 Å². The van der Waals surface area contributed by atoms with E-state index < -0.39 is 34.9 Å². The third kappa shape index (κ3) is 3.97. The van der Waals surface area contributed by atoms with Crippen LogP contribution in [0.4, 0.5) is 5.13 Å². The van der Waals surface area contributed by atoms with Crippen LogP contribution in [0, 0.1) is 0 Å². The van der Waals surface area contributed by atoms with Gasteiger partial charge in [-0.15, -0.1) is 34.4 Å². The van der Waals surface area contributed by atoms with Crippen LogP contribution in [0.2, 0.25) is 5.15 Å². The van der Waals surface area contributed by atoms with E-state index in [1.807, 2.05) is 0 Å². The van der Waals surface area contributed by atoms with Crippen LogP contribution in [0.5, 0.6) is 0 Å². The van der Waals surface area contributed by atoms with E-state index in [4.69, 9.17) is 17.3 Å². The number of thiazole rings is 2. The molecule has 4 rings (SSSR count). The van der Waals surface area contributed by atoms with Crippen molar-refractivity contribution in [2.24, 2.45) is 5.16 Å². The Hall–Kier alpha value is -2.94. The Morgan fingerprint density at radius 1 is 1.38 bits per heavy atom. The van der Waals surface area contributed by atoms with Gasteiger partial charge in [0.15, 0.2) is 10.8 Å². The minimum Gasteiger partial charge on any atom is -0.477 e. The Labute approximate surface area is 197 Å². The van der Waals surface area contributed by atoms with E-state index >= 15 is 0 Å². The van der Waals surface area contributed by atoms with Crippen LogP contribution in [-0.4, -0.2) is 65.8 Å². The highest BCUT2D eigenvalue weighted by Gasteiger charge is 2.54. The molecule has 2 aliphatic heterocycles. The first-order valence-corrected chi connectivity index (χ1v) is 11.9. The molecule has 5 N–H and O–H groups in total. The molecule has 2 aromatic rings. The number of β-lactam (4-membered cyclic amide) rings is 1. The number of thioether (sulfide) groups is 1. The number of nitrogens with two attached hydrogens (primary N) is 1. The number of anilines is 1. The van der Waals surface area contributed by atoms with Gasteiger partial charge < -0.3 is 21.4 Å². The summed E-state index contributed by atoms with van der Waals surface area (Å²) in [6, 6.07) is -0.990. The highest BCUT2D eigenvalue weighted by Crippen LogP contribution is 2.41. The number of nitrogen functional groups attached to an aromatic ring is 1. The molecular formula is C17H13ClN6O5S3. The maximum absolute atomic E-state index is 12.7. The number of allylic oxidation sites excluding steroid dienone is 1. The van der Waals surface area contributed by atoms with Crippen molar-refractivity contribution in [1.29, 1.82) is 0 Å². The van der Waals surface area contributed by atoms with Crippen LogP contribution >= 0.6 is 46.0 Å². The van der Waals surface area contributed by atoms with Crippen LogP contribution in [0.1, 0.15) is 10.6 Å². The van der Waals surface area contributed by atoms with Crippen molar-refractivity contribution in [3.63, 3.8) is 0 Å². The fourth-order valence-corrected chi connectivity index (χ4v) is 5.85. The zero-order valence-electron chi connectivity index (χ0n) is 15.8. The lowest BCUT2D eigenvalue weighted by molar-refractivity contribution is -0.150. The zero-order chi connectivity index (χ0) is 23.0. The van der Waals surface area contributed by atoms with Crippen molar-refractivity contribution in [2.45, 2.75) is 11.4 Å². The van der Waals surface area contributed by atoms with E-state index in [-0.39, 0.29) is 16.5 Å². The molecule has 2 atom stereocenters. The molecule has 0 aromatic carbocycles. The van der Waals surface area contributed by atoms with Crippen molar-refractivity contribution in [1.82, 2.24) is 20.2 Å². The van der Waals surface area contributed by atoms with Gasteiger partial charge in [-0.05, 0) is 11.6 Å². The van der Waals surface area contributed by atoms with Crippen LogP contribution in [0.3, 0.4) is 0 Å². The number of carboxylic acid groups (broad SMARTS) is 1. The predicted octanol–water partition coefficient (Wildman–Crippen LogP) is 1.47. The van der Waals surface area contributed by atoms with Gasteiger partial charge in [0.2, 0.25) is 0 Å². The molecule has 0 spiro atoms. The number of nitrogens with one attached hydrogen (secondary N) is 1. The summed E-state index contributed by atoms with van der Waals surface area (Å²) in [6.07, 6.45) is 3.24. The number of hydrogen-bond donors (Lipinski definition) is 4. The van der Waals surface area contributed by atoms with Crippen molar-refractivity contribution in [3.05, 3.63) is 44.0 Å². The number of nitrogens with zero attached hydrogens (tertiary/aromatic N) is 4. The van der Waals surface area contributed by atoms with Gasteiger partial charge in [-0.25, -0.2) is 14.8 Å². The summed E-state index contributed by atoms with van der Waals surface area (Å²) in [5, 5.41) is 25.7. The fraction of sp³-hybridized carbons (Fsp3) is 0.176. The number of oxime groups is 1. The van der Waals surface area contributed by atoms with E-state index in [9.17, 15) is 24.7 Å². The maximum Gasteiger partial charge on any atom is 0.352 e. The molecule has 1 saturated heterocycles. The topological polar surface area (TPSA) is 171 Å². The van der Waals surface area contributed by atoms with E-state index in [0.29, 0.717) is 21.4 Å². The number of aliphatic carboxylic acids is 1. The summed E-state index contributed by atoms with van der Waals surface area (Å²) in [4.78, 5) is 46.8. The molecule has 1 fully saturated rings. The number of aromatic nitrogens is 2. The number of halogens is 1. The fourth-order valence-electron chi connectivity index (χ4n) is 3.12. The monoisotopic (exact) mass is 512 g/mol. The third-order valence-electron chi connectivity index (χ3n) is 4.55. The second-order valence-electron chi connectivity index (χ2n) is 6.40. The Morgan fingerprint density at radius 3 is 2.75 bits per heavy atom. The number of hydrogen-bond acceptors (Lipinski definition) is 11. The van der Waals surface area contributed by atoms with Gasteiger partial charge in [-0.3, -0.25) is 14.5 Å². The van der Waals surface area contributed by atoms with Gasteiger partial charge in [0.25, 0.3) is 11.8 Å². The third-order valence-corrected chi connectivity index (χ3v) is 7.74. The average Bonchev–Trinajstić information content (AvgIpc) is 3.37. The Bertz CT molecular complexity index is 1200. The first-order chi connectivity index (χ1) is 15.3. The maximum atomic E-state index is 12.7. The summed E-state index contributed by atoms with van der Waals surface area (Å²) < 4.78 is 0. The van der Waals surface area contributed by atoms with Gasteiger partial charge >= 0.3 is 5.97 Å². The predicted molar refractivity (Wildman–Crippen MR) is 121 cm³/mol. The highest BCUT2D eigenvalue weighted by molar-refractivity contribution is 8.00. The van der Waals surface area contributed by atoms with Gasteiger partial charge in [0.05, 0.1) is 10.4 Å². The molecule has 0 bridgehead atoms. The van der Waals surface area contributed by atoms with Crippen LogP contribution in [-0.2, 0) is 14.4 Å². The highest BCUT2D eigenvalue weighted by atomic mass is 35.5. The number of carboxylic acids is 1. The van der Waals surface area contributed by atoms with Crippen LogP contribution in [0.15, 0.2) is 33.4 Å². The molecule has 1 unspecified atom stereocenters. The second-order valence-corrected chi connectivity index (χ2v) is 9.64. The second kappa shape index (κ2) is 8.90. The normalized spacial score (nSPS) is 21.0. The summed E-state index contributed by atoms with van der Waals surface area (Å²) in [5.74, 6) is -2.40. The smallest absolute Gasteiger partial charge is 0.352 e. The number of rotatable bonds is 6. The molecule has 0 aliphatic carbocycles. The lowest BCUT2D eigenvalue weighted by Gasteiger charge is -2.49. The Balaban J connectivity index is 1.53. The SMILES string of the molecule is Nc1nc(C(=NO)C(=O)NC2C(=O)N3C(C(=O)O)=C(C=Cc4scnc4Cl)CS[C@@H]23)cs1. The molecule has 0 saturated carbocycles. The van der Waals surface area contributed by atoms with Crippen LogP contribution < -0.4 is 11.1 Å². The summed E-state index contributed by atoms with van der Waals surface area (Å²) in [5.41, 5.74) is 7.03. The largest absolute Gasteiger partial charge is 0.477 e. The summed E-state index contributed by atoms with van der Waals surface area (Å²) in [7, 11) is 0. The minimum atomic E-state index is -1.26. The summed E-state index contributed by atoms with van der Waals surface area (Å²) in [6.45, 7) is 0. The molecule has 0 radical (unpaired) electrons. The molecule has 2 aliphatic rings. The quantitative estimate of drug-likeness (QED) is 0.193. The van der Waals surface area contributed by atoms with E-state index in [0.717, 1.165) is 16.2 Å². The number of carbonyl (C=O) groups is 3. The molecule has 4 heterocycles. The van der Waals surface area contributed by atoms with Gasteiger partial charge in [0, 0.05) is 11.1 Å². The van der Waals surface area contributed by atoms with Gasteiger partial charge in [-0.1, -0.05) is 22.8 Å². The van der Waals surface area contributed by atoms with E-state index in [1.165, 1.54) is 28.5 Å². The standard InChI is InChI=1S/C17H13ClN6O5S3/c18-12-8(32-5-20-12)2-1-6-3-30-15-10(14(26)24(15)11(6)16(27)28)22-13(25)9(23-29)7-4-31-17(19)21-7/h1-2,4-5,10,15,29H,3H2,(H2,19,21)(H,22,25)(H,27,28)/t10?,15-/m0/s1. The zero-order valence-corrected chi connectivity index (χ0v) is 19.0. The molecule has 2 aromatic heterocycles. The molecule has 32 heavy (non-hydrogen) atoms. The molecular weight excluding hydrogens is 500 g/mol. The first-order valence-electron chi connectivity index (χ1n) is 8.74. The first kappa shape index (κ1) is 22.3. The number of fused-ring (bicyclic) bond motifs is 1. The minimum absolute atomic E-state index is 0.0627. The molecule has 166 valence electrons. The lowest BCUT2D eigenvalue weighted by atomic mass is 10.0. The van der Waals surface area contributed by atoms with E-state index in [1.54, 1.807) is 17.7 Å². The number of carbonyl (C=O) groups excluding carboxylic acids is 2. The van der Waals surface area contributed by atoms with Crippen molar-refractivity contribution in [3.8, 4) is 0 Å². The molecule has 2 amide bonds. The average molecular weight is 513 g/mol. The lowest BCUT2D eigenvalue weighted by Crippen LogP contribution is -2.71. The summed E-state index contributed by atoms with van der Waals surface area (Å²) >= 11 is 9.61.